The summed E-state index contributed by atoms with van der Waals surface area (Å²) in [5, 5.41) is 12.4. The van der Waals surface area contributed by atoms with Gasteiger partial charge in [-0.2, -0.15) is 0 Å². The van der Waals surface area contributed by atoms with Gasteiger partial charge in [0.25, 0.3) is 0 Å². The summed E-state index contributed by atoms with van der Waals surface area (Å²) in [7, 11) is 1.52. The maximum atomic E-state index is 11.5. The third-order valence-corrected chi connectivity index (χ3v) is 3.38. The Morgan fingerprint density at radius 3 is 2.62 bits per heavy atom. The van der Waals surface area contributed by atoms with Gasteiger partial charge in [-0.05, 0) is 17.7 Å². The predicted octanol–water partition coefficient (Wildman–Crippen LogP) is 2.72. The van der Waals surface area contributed by atoms with E-state index in [4.69, 9.17) is 18.9 Å². The molecule has 0 saturated heterocycles. The van der Waals surface area contributed by atoms with Gasteiger partial charge in [0, 0.05) is 12.6 Å². The number of benzene rings is 2. The van der Waals surface area contributed by atoms with Crippen LogP contribution in [0.15, 0.2) is 48.5 Å². The van der Waals surface area contributed by atoms with E-state index in [1.807, 2.05) is 30.3 Å². The number of phenols is 1. The first-order chi connectivity index (χ1) is 12.7. The largest absolute Gasteiger partial charge is 0.504 e. The lowest BCUT2D eigenvalue weighted by Gasteiger charge is -2.10. The zero-order valence-corrected chi connectivity index (χ0v) is 14.6. The standard InChI is InChI=1S/C19H23NO6/c1-23-16-7-8-18(17(21)13-16)25-12-11-24-10-9-20-19(22)26-14-15-5-3-2-4-6-15/h2-8,13,21H,9-12,14H2,1H3,(H,20,22). The number of carbonyl (C=O) groups is 1. The fraction of sp³-hybridized carbons (Fsp3) is 0.316. The molecule has 7 nitrogen and oxygen atoms in total. The molecule has 140 valence electrons. The minimum atomic E-state index is -0.489. The molecule has 0 atom stereocenters. The molecule has 0 fully saturated rings. The van der Waals surface area contributed by atoms with Gasteiger partial charge in [-0.25, -0.2) is 4.79 Å². The van der Waals surface area contributed by atoms with Gasteiger partial charge in [-0.3, -0.25) is 0 Å². The fourth-order valence-electron chi connectivity index (χ4n) is 2.06. The highest BCUT2D eigenvalue weighted by Crippen LogP contribution is 2.29. The number of aromatic hydroxyl groups is 1. The van der Waals surface area contributed by atoms with Gasteiger partial charge in [-0.1, -0.05) is 30.3 Å². The lowest BCUT2D eigenvalue weighted by molar-refractivity contribution is 0.0957. The minimum absolute atomic E-state index is 0.00665. The molecule has 0 saturated carbocycles. The van der Waals surface area contributed by atoms with E-state index in [-0.39, 0.29) is 19.0 Å². The number of amides is 1. The van der Waals surface area contributed by atoms with Gasteiger partial charge in [0.15, 0.2) is 11.5 Å². The molecule has 2 aromatic rings. The predicted molar refractivity (Wildman–Crippen MR) is 95.6 cm³/mol. The van der Waals surface area contributed by atoms with E-state index in [0.717, 1.165) is 5.56 Å². The molecule has 0 unspecified atom stereocenters. The van der Waals surface area contributed by atoms with E-state index in [1.54, 1.807) is 12.1 Å². The topological polar surface area (TPSA) is 86.2 Å². The monoisotopic (exact) mass is 361 g/mol. The molecule has 1 amide bonds. The second kappa shape index (κ2) is 10.8. The number of ether oxygens (including phenoxy) is 4. The van der Waals surface area contributed by atoms with Crippen molar-refractivity contribution in [2.75, 3.05) is 33.5 Å². The quantitative estimate of drug-likeness (QED) is 0.633. The number of methoxy groups -OCH3 is 1. The van der Waals surface area contributed by atoms with E-state index in [1.165, 1.54) is 13.2 Å². The Balaban J connectivity index is 1.51. The fourth-order valence-corrected chi connectivity index (χ4v) is 2.06. The van der Waals surface area contributed by atoms with E-state index in [0.29, 0.717) is 31.3 Å². The highest BCUT2D eigenvalue weighted by molar-refractivity contribution is 5.67. The summed E-state index contributed by atoms with van der Waals surface area (Å²) in [4.78, 5) is 11.5. The van der Waals surface area contributed by atoms with Crippen LogP contribution in [0.1, 0.15) is 5.56 Å². The molecular weight excluding hydrogens is 338 g/mol. The Bertz CT molecular complexity index is 677. The van der Waals surface area contributed by atoms with Crippen LogP contribution in [0.4, 0.5) is 4.79 Å². The third kappa shape index (κ3) is 6.90. The van der Waals surface area contributed by atoms with Crippen molar-refractivity contribution in [2.45, 2.75) is 6.61 Å². The molecule has 0 heterocycles. The Morgan fingerprint density at radius 2 is 1.88 bits per heavy atom. The van der Waals surface area contributed by atoms with Crippen molar-refractivity contribution in [3.05, 3.63) is 54.1 Å². The van der Waals surface area contributed by atoms with Gasteiger partial charge in [0.05, 0.1) is 20.3 Å². The number of rotatable bonds is 10. The summed E-state index contributed by atoms with van der Waals surface area (Å²) < 4.78 is 20.8. The Kier molecular flexibility index (Phi) is 8.08. The summed E-state index contributed by atoms with van der Waals surface area (Å²) in [6, 6.07) is 14.2. The first-order valence-corrected chi connectivity index (χ1v) is 8.21. The molecule has 0 aromatic heterocycles. The molecule has 7 heteroatoms. The van der Waals surface area contributed by atoms with Crippen molar-refractivity contribution < 1.29 is 28.8 Å². The smallest absolute Gasteiger partial charge is 0.407 e. The van der Waals surface area contributed by atoms with Crippen molar-refractivity contribution in [1.82, 2.24) is 5.32 Å². The maximum Gasteiger partial charge on any atom is 0.407 e. The first kappa shape index (κ1) is 19.4. The van der Waals surface area contributed by atoms with E-state index < -0.39 is 6.09 Å². The summed E-state index contributed by atoms with van der Waals surface area (Å²) in [5.41, 5.74) is 0.929. The minimum Gasteiger partial charge on any atom is -0.504 e. The second-order valence-electron chi connectivity index (χ2n) is 5.28. The molecule has 0 bridgehead atoms. The molecule has 0 aliphatic heterocycles. The average Bonchev–Trinajstić information content (AvgIpc) is 2.67. The SMILES string of the molecule is COc1ccc(OCCOCCNC(=O)OCc2ccccc2)c(O)c1. The van der Waals surface area contributed by atoms with Crippen molar-refractivity contribution in [3.63, 3.8) is 0 Å². The number of phenolic OH excluding ortho intramolecular Hbond substituents is 1. The van der Waals surface area contributed by atoms with Crippen LogP contribution in [0.5, 0.6) is 17.2 Å². The Morgan fingerprint density at radius 1 is 1.08 bits per heavy atom. The van der Waals surface area contributed by atoms with Crippen LogP contribution in [0.2, 0.25) is 0 Å². The molecule has 0 aliphatic rings. The van der Waals surface area contributed by atoms with Crippen LogP contribution in [0, 0.1) is 0 Å². The lowest BCUT2D eigenvalue weighted by Crippen LogP contribution is -2.28. The summed E-state index contributed by atoms with van der Waals surface area (Å²) in [6.07, 6.45) is -0.489. The highest BCUT2D eigenvalue weighted by Gasteiger charge is 2.04. The number of nitrogens with one attached hydrogen (secondary N) is 1. The highest BCUT2D eigenvalue weighted by atomic mass is 16.6. The van der Waals surface area contributed by atoms with Crippen LogP contribution in [0.25, 0.3) is 0 Å². The van der Waals surface area contributed by atoms with Gasteiger partial charge in [0.1, 0.15) is 19.0 Å². The van der Waals surface area contributed by atoms with E-state index in [9.17, 15) is 9.90 Å². The van der Waals surface area contributed by atoms with Crippen LogP contribution in [-0.4, -0.2) is 44.7 Å². The average molecular weight is 361 g/mol. The normalized spacial score (nSPS) is 10.2. The van der Waals surface area contributed by atoms with Crippen molar-refractivity contribution >= 4 is 6.09 Å². The number of alkyl carbamates (subject to hydrolysis) is 1. The molecule has 2 rings (SSSR count). The summed E-state index contributed by atoms with van der Waals surface area (Å²) in [6.45, 7) is 1.50. The number of hydrogen-bond acceptors (Lipinski definition) is 6. The maximum absolute atomic E-state index is 11.5. The molecule has 0 radical (unpaired) electrons. The molecule has 0 spiro atoms. The van der Waals surface area contributed by atoms with Crippen molar-refractivity contribution in [1.29, 1.82) is 0 Å². The Labute approximate surface area is 152 Å². The third-order valence-electron chi connectivity index (χ3n) is 3.38. The van der Waals surface area contributed by atoms with Crippen LogP contribution in [-0.2, 0) is 16.1 Å². The zero-order valence-electron chi connectivity index (χ0n) is 14.6. The van der Waals surface area contributed by atoms with Gasteiger partial charge >= 0.3 is 6.09 Å². The Hall–Kier alpha value is -2.93. The second-order valence-corrected chi connectivity index (χ2v) is 5.28. The number of carbonyl (C=O) groups excluding carboxylic acids is 1. The van der Waals surface area contributed by atoms with Gasteiger partial charge in [-0.15, -0.1) is 0 Å². The van der Waals surface area contributed by atoms with Crippen LogP contribution in [0.3, 0.4) is 0 Å². The summed E-state index contributed by atoms with van der Waals surface area (Å²) >= 11 is 0. The molecule has 26 heavy (non-hydrogen) atoms. The van der Waals surface area contributed by atoms with E-state index in [2.05, 4.69) is 5.32 Å². The van der Waals surface area contributed by atoms with E-state index >= 15 is 0 Å². The van der Waals surface area contributed by atoms with Crippen molar-refractivity contribution in [3.8, 4) is 17.2 Å². The van der Waals surface area contributed by atoms with Gasteiger partial charge < -0.3 is 29.4 Å². The molecular formula is C19H23NO6. The molecule has 2 N–H and O–H groups in total. The summed E-state index contributed by atoms with van der Waals surface area (Å²) in [5.74, 6) is 0.917. The van der Waals surface area contributed by atoms with Crippen molar-refractivity contribution in [2.24, 2.45) is 0 Å². The van der Waals surface area contributed by atoms with Crippen LogP contribution >= 0.6 is 0 Å². The molecule has 0 aliphatic carbocycles. The zero-order chi connectivity index (χ0) is 18.6. The lowest BCUT2D eigenvalue weighted by atomic mass is 10.2. The van der Waals surface area contributed by atoms with Gasteiger partial charge in [0.2, 0.25) is 0 Å². The molecule has 2 aromatic carbocycles. The first-order valence-electron chi connectivity index (χ1n) is 8.21. The van der Waals surface area contributed by atoms with Crippen LogP contribution < -0.4 is 14.8 Å². The number of hydrogen-bond donors (Lipinski definition) is 2.